The molecule has 1 unspecified atom stereocenters. The van der Waals surface area contributed by atoms with Crippen molar-refractivity contribution >= 4 is 23.1 Å². The van der Waals surface area contributed by atoms with Crippen molar-refractivity contribution in [1.82, 2.24) is 4.98 Å². The van der Waals surface area contributed by atoms with Crippen LogP contribution < -0.4 is 0 Å². The molecule has 6 heteroatoms. The predicted octanol–water partition coefficient (Wildman–Crippen LogP) is 4.94. The molecular weight excluding hydrogens is 367 g/mol. The first-order valence-corrected chi connectivity index (χ1v) is 8.47. The maximum absolute atomic E-state index is 13.2. The van der Waals surface area contributed by atoms with Crippen LogP contribution in [0.15, 0.2) is 78.6 Å². The molecule has 4 nitrogen and oxygen atoms in total. The second kappa shape index (κ2) is 8.12. The van der Waals surface area contributed by atoms with Crippen molar-refractivity contribution in [1.29, 1.82) is 5.41 Å². The molecule has 27 heavy (non-hydrogen) atoms. The zero-order valence-corrected chi connectivity index (χ0v) is 14.9. The summed E-state index contributed by atoms with van der Waals surface area (Å²) in [7, 11) is 0. The van der Waals surface area contributed by atoms with Crippen LogP contribution in [-0.4, -0.2) is 20.9 Å². The first-order valence-electron chi connectivity index (χ1n) is 8.09. The molecule has 0 bridgehead atoms. The van der Waals surface area contributed by atoms with Crippen molar-refractivity contribution in [2.75, 3.05) is 0 Å². The number of pyridine rings is 1. The second-order valence-electron chi connectivity index (χ2n) is 5.84. The molecule has 0 saturated heterocycles. The summed E-state index contributed by atoms with van der Waals surface area (Å²) >= 11 is 5.90. The normalized spacial score (nSPS) is 13.0. The van der Waals surface area contributed by atoms with E-state index in [9.17, 15) is 14.6 Å². The molecule has 0 fully saturated rings. The molecule has 3 N–H and O–H groups in total. The van der Waals surface area contributed by atoms with Crippen LogP contribution >= 0.6 is 11.6 Å². The van der Waals surface area contributed by atoms with E-state index in [1.807, 2.05) is 0 Å². The number of hydrogen-bond acceptors (Lipinski definition) is 4. The van der Waals surface area contributed by atoms with E-state index < -0.39 is 11.9 Å². The molecule has 2 aromatic carbocycles. The van der Waals surface area contributed by atoms with Crippen LogP contribution in [0.3, 0.4) is 0 Å². The maximum atomic E-state index is 13.2. The van der Waals surface area contributed by atoms with E-state index >= 15 is 0 Å². The van der Waals surface area contributed by atoms with Gasteiger partial charge in [0, 0.05) is 34.1 Å². The fourth-order valence-electron chi connectivity index (χ4n) is 2.62. The van der Waals surface area contributed by atoms with Gasteiger partial charge in [0.15, 0.2) is 0 Å². The summed E-state index contributed by atoms with van der Waals surface area (Å²) in [4.78, 5) is 3.97. The van der Waals surface area contributed by atoms with Gasteiger partial charge in [-0.1, -0.05) is 29.8 Å². The third-order valence-electron chi connectivity index (χ3n) is 4.05. The molecule has 0 aliphatic carbocycles. The minimum absolute atomic E-state index is 0.0167. The van der Waals surface area contributed by atoms with E-state index in [0.29, 0.717) is 16.1 Å². The maximum Gasteiger partial charge on any atom is 0.131 e. The molecule has 3 rings (SSSR count). The zero-order chi connectivity index (χ0) is 19.4. The third-order valence-corrected chi connectivity index (χ3v) is 4.30. The van der Waals surface area contributed by atoms with Crippen molar-refractivity contribution in [2.45, 2.75) is 6.10 Å². The standard InChI is InChI=1S/C21H16ClFN2O2/c22-16-7-3-13(4-8-16)19(24)18(21(27)15-2-1-11-25-12-15)20(26)14-5-9-17(23)10-6-14/h1-12,21,24,26-27H/b20-18+,24-19?. The summed E-state index contributed by atoms with van der Waals surface area (Å²) < 4.78 is 13.2. The van der Waals surface area contributed by atoms with E-state index in [2.05, 4.69) is 4.98 Å². The van der Waals surface area contributed by atoms with Gasteiger partial charge in [-0.15, -0.1) is 0 Å². The fraction of sp³-hybridized carbons (Fsp3) is 0.0476. The van der Waals surface area contributed by atoms with Crippen LogP contribution in [0.4, 0.5) is 4.39 Å². The highest BCUT2D eigenvalue weighted by Crippen LogP contribution is 2.30. The lowest BCUT2D eigenvalue weighted by molar-refractivity contribution is 0.219. The molecule has 0 amide bonds. The van der Waals surface area contributed by atoms with Gasteiger partial charge >= 0.3 is 0 Å². The van der Waals surface area contributed by atoms with Gasteiger partial charge in [-0.05, 0) is 42.5 Å². The molecule has 1 heterocycles. The Kier molecular flexibility index (Phi) is 5.64. The van der Waals surface area contributed by atoms with Crippen molar-refractivity contribution in [3.05, 3.63) is 106 Å². The van der Waals surface area contributed by atoms with E-state index in [1.54, 1.807) is 42.6 Å². The summed E-state index contributed by atoms with van der Waals surface area (Å²) in [5, 5.41) is 30.7. The molecule has 0 spiro atoms. The van der Waals surface area contributed by atoms with Crippen molar-refractivity contribution in [3.63, 3.8) is 0 Å². The van der Waals surface area contributed by atoms with Crippen LogP contribution in [0, 0.1) is 11.2 Å². The average Bonchev–Trinajstić information content (AvgIpc) is 2.69. The highest BCUT2D eigenvalue weighted by atomic mass is 35.5. The highest BCUT2D eigenvalue weighted by molar-refractivity contribution is 6.30. The summed E-state index contributed by atoms with van der Waals surface area (Å²) in [6.07, 6.45) is 1.72. The topological polar surface area (TPSA) is 77.2 Å². The van der Waals surface area contributed by atoms with Crippen LogP contribution in [-0.2, 0) is 0 Å². The summed E-state index contributed by atoms with van der Waals surface area (Å²) in [5.41, 5.74) is 1.07. The quantitative estimate of drug-likeness (QED) is 0.432. The minimum Gasteiger partial charge on any atom is -0.507 e. The van der Waals surface area contributed by atoms with Gasteiger partial charge in [0.1, 0.15) is 17.7 Å². The Morgan fingerprint density at radius 3 is 2.22 bits per heavy atom. The van der Waals surface area contributed by atoms with Gasteiger partial charge in [0.25, 0.3) is 0 Å². The zero-order valence-electron chi connectivity index (χ0n) is 14.1. The number of rotatable bonds is 5. The Balaban J connectivity index is 2.13. The van der Waals surface area contributed by atoms with Gasteiger partial charge < -0.3 is 10.2 Å². The molecule has 0 radical (unpaired) electrons. The Hall–Kier alpha value is -3.02. The van der Waals surface area contributed by atoms with E-state index in [0.717, 1.165) is 0 Å². The first-order chi connectivity index (χ1) is 13.0. The molecule has 136 valence electrons. The summed E-state index contributed by atoms with van der Waals surface area (Å²) in [6, 6.07) is 14.9. The van der Waals surface area contributed by atoms with Crippen LogP contribution in [0.25, 0.3) is 5.76 Å². The number of benzene rings is 2. The van der Waals surface area contributed by atoms with Crippen LogP contribution in [0.1, 0.15) is 22.8 Å². The van der Waals surface area contributed by atoms with Gasteiger partial charge in [0.2, 0.25) is 0 Å². The second-order valence-corrected chi connectivity index (χ2v) is 6.28. The minimum atomic E-state index is -1.30. The molecule has 0 saturated carbocycles. The Bertz CT molecular complexity index is 971. The first kappa shape index (κ1) is 18.8. The lowest BCUT2D eigenvalue weighted by Crippen LogP contribution is -2.15. The molecule has 0 aliphatic rings. The van der Waals surface area contributed by atoms with E-state index in [-0.39, 0.29) is 22.6 Å². The molecule has 1 aromatic heterocycles. The van der Waals surface area contributed by atoms with Gasteiger partial charge in [-0.2, -0.15) is 0 Å². The van der Waals surface area contributed by atoms with Crippen molar-refractivity contribution in [2.24, 2.45) is 0 Å². The monoisotopic (exact) mass is 382 g/mol. The molecular formula is C21H16ClFN2O2. The molecule has 3 aromatic rings. The van der Waals surface area contributed by atoms with Crippen molar-refractivity contribution < 1.29 is 14.6 Å². The predicted molar refractivity (Wildman–Crippen MR) is 103 cm³/mol. The summed E-state index contributed by atoms with van der Waals surface area (Å²) in [5.74, 6) is -0.764. The molecule has 1 atom stereocenters. The number of hydrogen-bond donors (Lipinski definition) is 3. The van der Waals surface area contributed by atoms with Gasteiger partial charge in [0.05, 0.1) is 11.3 Å². The average molecular weight is 383 g/mol. The number of aliphatic hydroxyl groups is 2. The lowest BCUT2D eigenvalue weighted by atomic mass is 9.91. The largest absolute Gasteiger partial charge is 0.507 e. The fourth-order valence-corrected chi connectivity index (χ4v) is 2.75. The van der Waals surface area contributed by atoms with Crippen LogP contribution in [0.2, 0.25) is 5.02 Å². The van der Waals surface area contributed by atoms with Crippen LogP contribution in [0.5, 0.6) is 0 Å². The summed E-state index contributed by atoms with van der Waals surface area (Å²) in [6.45, 7) is 0. The molecule has 0 aliphatic heterocycles. The van der Waals surface area contributed by atoms with Gasteiger partial charge in [-0.25, -0.2) is 4.39 Å². The van der Waals surface area contributed by atoms with Gasteiger partial charge in [-0.3, -0.25) is 10.4 Å². The number of aliphatic hydroxyl groups excluding tert-OH is 2. The number of nitrogens with zero attached hydrogens (tertiary/aromatic N) is 1. The number of halogens is 2. The Labute approximate surface area is 160 Å². The Morgan fingerprint density at radius 1 is 1.00 bits per heavy atom. The third kappa shape index (κ3) is 4.22. The smallest absolute Gasteiger partial charge is 0.131 e. The number of nitrogens with one attached hydrogen (secondary N) is 1. The SMILES string of the molecule is N=C(/C(=C(\O)c1ccc(F)cc1)C(O)c1cccnc1)c1ccc(Cl)cc1. The van der Waals surface area contributed by atoms with E-state index in [4.69, 9.17) is 17.0 Å². The van der Waals surface area contributed by atoms with E-state index in [1.165, 1.54) is 30.5 Å². The number of aromatic nitrogens is 1. The lowest BCUT2D eigenvalue weighted by Gasteiger charge is -2.19. The van der Waals surface area contributed by atoms with Crippen molar-refractivity contribution in [3.8, 4) is 0 Å². The Morgan fingerprint density at radius 2 is 1.63 bits per heavy atom. The highest BCUT2D eigenvalue weighted by Gasteiger charge is 2.24.